The Labute approximate surface area is 159 Å². The molecule has 27 heavy (non-hydrogen) atoms. The van der Waals surface area contributed by atoms with Crippen LogP contribution in [0.5, 0.6) is 0 Å². The summed E-state index contributed by atoms with van der Waals surface area (Å²) < 4.78 is 5.81. The second-order valence-corrected chi connectivity index (χ2v) is 7.20. The Balaban J connectivity index is 2.07. The molecule has 0 saturated carbocycles. The van der Waals surface area contributed by atoms with Gasteiger partial charge in [0.05, 0.1) is 0 Å². The predicted octanol–water partition coefficient (Wildman–Crippen LogP) is 4.30. The van der Waals surface area contributed by atoms with E-state index in [1.807, 2.05) is 51.4 Å². The van der Waals surface area contributed by atoms with Gasteiger partial charge in [-0.3, -0.25) is 0 Å². The van der Waals surface area contributed by atoms with E-state index < -0.39 is 5.60 Å². The van der Waals surface area contributed by atoms with E-state index in [0.717, 1.165) is 19.3 Å². The molecule has 0 atom stereocenters. The van der Waals surface area contributed by atoms with Gasteiger partial charge in [0.2, 0.25) is 0 Å². The fraction of sp³-hybridized carbons (Fsp3) is 0.318. The minimum Gasteiger partial charge on any atom is -0.480 e. The molecular formula is C22H20N4O. The third-order valence-corrected chi connectivity index (χ3v) is 4.94. The van der Waals surface area contributed by atoms with Gasteiger partial charge < -0.3 is 9.64 Å². The van der Waals surface area contributed by atoms with E-state index in [4.69, 9.17) is 15.3 Å². The van der Waals surface area contributed by atoms with Crippen molar-refractivity contribution >= 4 is 0 Å². The molecule has 5 nitrogen and oxygen atoms in total. The van der Waals surface area contributed by atoms with Gasteiger partial charge in [0.15, 0.2) is 11.3 Å². The third kappa shape index (κ3) is 3.31. The molecule has 2 aliphatic heterocycles. The highest BCUT2D eigenvalue weighted by atomic mass is 16.5. The summed E-state index contributed by atoms with van der Waals surface area (Å²) in [6, 6.07) is 5.75. The normalized spacial score (nSPS) is 20.7. The molecule has 3 rings (SSSR count). The van der Waals surface area contributed by atoms with Gasteiger partial charge in [0.25, 0.3) is 0 Å². The van der Waals surface area contributed by atoms with Crippen LogP contribution in [-0.4, -0.2) is 17.5 Å². The first-order valence-corrected chi connectivity index (χ1v) is 8.82. The first-order valence-electron chi connectivity index (χ1n) is 8.82. The van der Waals surface area contributed by atoms with E-state index in [2.05, 4.69) is 23.2 Å². The van der Waals surface area contributed by atoms with Gasteiger partial charge in [-0.1, -0.05) is 12.2 Å². The highest BCUT2D eigenvalue weighted by Crippen LogP contribution is 2.41. The largest absolute Gasteiger partial charge is 0.480 e. The van der Waals surface area contributed by atoms with Crippen LogP contribution in [0.15, 0.2) is 69.8 Å². The lowest BCUT2D eigenvalue weighted by Crippen LogP contribution is -2.21. The minimum atomic E-state index is -0.781. The van der Waals surface area contributed by atoms with E-state index in [1.165, 1.54) is 16.7 Å². The van der Waals surface area contributed by atoms with Crippen LogP contribution < -0.4 is 0 Å². The lowest BCUT2D eigenvalue weighted by Gasteiger charge is -2.25. The van der Waals surface area contributed by atoms with Crippen molar-refractivity contribution in [2.45, 2.75) is 38.7 Å². The van der Waals surface area contributed by atoms with E-state index in [0.29, 0.717) is 5.57 Å². The number of rotatable bonds is 2. The fourth-order valence-corrected chi connectivity index (χ4v) is 3.61. The highest BCUT2D eigenvalue weighted by Gasteiger charge is 2.38. The van der Waals surface area contributed by atoms with Crippen LogP contribution in [-0.2, 0) is 4.74 Å². The highest BCUT2D eigenvalue weighted by molar-refractivity contribution is 5.61. The van der Waals surface area contributed by atoms with Crippen LogP contribution in [0.1, 0.15) is 33.1 Å². The molecule has 0 aromatic rings. The summed E-state index contributed by atoms with van der Waals surface area (Å²) in [5.74, 6) is 0.0771. The summed E-state index contributed by atoms with van der Waals surface area (Å²) in [7, 11) is 2.02. The van der Waals surface area contributed by atoms with Gasteiger partial charge in [0, 0.05) is 25.0 Å². The summed E-state index contributed by atoms with van der Waals surface area (Å²) >= 11 is 0. The minimum absolute atomic E-state index is 0.0771. The quantitative estimate of drug-likeness (QED) is 0.689. The molecule has 0 unspecified atom stereocenters. The summed E-state index contributed by atoms with van der Waals surface area (Å²) in [6.45, 7) is 3.67. The summed E-state index contributed by atoms with van der Waals surface area (Å²) in [4.78, 5) is 2.05. The van der Waals surface area contributed by atoms with Crippen LogP contribution >= 0.6 is 0 Å². The smallest absolute Gasteiger partial charge is 0.172 e. The molecule has 0 amide bonds. The molecule has 2 heterocycles. The monoisotopic (exact) mass is 356 g/mol. The number of nitriles is 3. The van der Waals surface area contributed by atoms with Crippen molar-refractivity contribution in [3.8, 4) is 18.2 Å². The molecule has 0 aromatic carbocycles. The molecular weight excluding hydrogens is 336 g/mol. The first-order chi connectivity index (χ1) is 12.9. The van der Waals surface area contributed by atoms with E-state index in [-0.39, 0.29) is 16.9 Å². The Bertz CT molecular complexity index is 978. The first kappa shape index (κ1) is 18.3. The molecule has 5 heteroatoms. The van der Waals surface area contributed by atoms with Crippen LogP contribution in [0.25, 0.3) is 0 Å². The average Bonchev–Trinajstić information content (AvgIpc) is 2.90. The molecule has 134 valence electrons. The standard InChI is InChI=1S/C22H20N4O/c1-22(2)20(19(13-25)21(27-22)17(11-23)12-24)8-7-15-5-4-6-16-14-26(3)10-9-18(15)16/h7-10,14H,4-6H2,1-3H3/b8-7+. The topological polar surface area (TPSA) is 83.8 Å². The van der Waals surface area contributed by atoms with Crippen molar-refractivity contribution in [3.05, 3.63) is 69.8 Å². The molecule has 0 fully saturated rings. The van der Waals surface area contributed by atoms with Crippen molar-refractivity contribution in [2.24, 2.45) is 0 Å². The van der Waals surface area contributed by atoms with Crippen molar-refractivity contribution in [1.29, 1.82) is 15.8 Å². The van der Waals surface area contributed by atoms with E-state index >= 15 is 0 Å². The lowest BCUT2D eigenvalue weighted by atomic mass is 9.85. The van der Waals surface area contributed by atoms with Gasteiger partial charge in [-0.15, -0.1) is 0 Å². The fourth-order valence-electron chi connectivity index (χ4n) is 3.61. The summed E-state index contributed by atoms with van der Waals surface area (Å²) in [5.41, 5.74) is 3.75. The molecule has 3 aliphatic rings. The average molecular weight is 356 g/mol. The third-order valence-electron chi connectivity index (χ3n) is 4.94. The maximum Gasteiger partial charge on any atom is 0.172 e. The maximum absolute atomic E-state index is 9.62. The second kappa shape index (κ2) is 7.02. The van der Waals surface area contributed by atoms with Gasteiger partial charge >= 0.3 is 0 Å². The Morgan fingerprint density at radius 3 is 2.59 bits per heavy atom. The van der Waals surface area contributed by atoms with Crippen molar-refractivity contribution in [2.75, 3.05) is 7.05 Å². The van der Waals surface area contributed by atoms with Gasteiger partial charge in [-0.05, 0) is 55.9 Å². The molecule has 0 radical (unpaired) electrons. The zero-order valence-corrected chi connectivity index (χ0v) is 15.7. The Morgan fingerprint density at radius 2 is 1.93 bits per heavy atom. The zero-order valence-electron chi connectivity index (χ0n) is 15.7. The van der Waals surface area contributed by atoms with Crippen LogP contribution in [0, 0.1) is 34.0 Å². The number of nitrogens with zero attached hydrogens (tertiary/aromatic N) is 4. The summed E-state index contributed by atoms with van der Waals surface area (Å²) in [6.07, 6.45) is 13.4. The van der Waals surface area contributed by atoms with Crippen LogP contribution in [0.2, 0.25) is 0 Å². The Morgan fingerprint density at radius 1 is 1.19 bits per heavy atom. The molecule has 0 aromatic heterocycles. The van der Waals surface area contributed by atoms with E-state index in [1.54, 1.807) is 0 Å². The van der Waals surface area contributed by atoms with E-state index in [9.17, 15) is 5.26 Å². The SMILES string of the molecule is CN1C=CC2=C(/C=C/C3=C(C#N)C(=C(C#N)C#N)OC3(C)C)CCCC2=C1. The van der Waals surface area contributed by atoms with Crippen LogP contribution in [0.4, 0.5) is 0 Å². The Hall–Kier alpha value is -3.49. The molecule has 0 spiro atoms. The number of hydrogen-bond acceptors (Lipinski definition) is 5. The van der Waals surface area contributed by atoms with Gasteiger partial charge in [-0.25, -0.2) is 0 Å². The number of hydrogen-bond donors (Lipinski definition) is 0. The second-order valence-electron chi connectivity index (χ2n) is 7.20. The lowest BCUT2D eigenvalue weighted by molar-refractivity contribution is 0.0954. The summed E-state index contributed by atoms with van der Waals surface area (Å²) in [5, 5.41) is 27.9. The molecule has 1 aliphatic carbocycles. The maximum atomic E-state index is 9.62. The molecule has 0 N–H and O–H groups in total. The van der Waals surface area contributed by atoms with Crippen molar-refractivity contribution in [1.82, 2.24) is 4.90 Å². The molecule has 0 saturated heterocycles. The Kier molecular flexibility index (Phi) is 4.76. The number of allylic oxidation sites excluding steroid dienone is 7. The molecule has 0 bridgehead atoms. The number of fused-ring (bicyclic) bond motifs is 1. The van der Waals surface area contributed by atoms with Gasteiger partial charge in [-0.2, -0.15) is 15.8 Å². The zero-order chi connectivity index (χ0) is 19.6. The van der Waals surface area contributed by atoms with Crippen molar-refractivity contribution < 1.29 is 4.74 Å². The van der Waals surface area contributed by atoms with Crippen LogP contribution in [0.3, 0.4) is 0 Å². The number of ether oxygens (including phenoxy) is 1. The van der Waals surface area contributed by atoms with Crippen molar-refractivity contribution in [3.63, 3.8) is 0 Å². The predicted molar refractivity (Wildman–Crippen MR) is 101 cm³/mol. The van der Waals surface area contributed by atoms with Gasteiger partial charge in [0.1, 0.15) is 29.4 Å².